The second kappa shape index (κ2) is 10.4. The molecule has 1 saturated heterocycles. The summed E-state index contributed by atoms with van der Waals surface area (Å²) in [7, 11) is -3.70. The minimum Gasteiger partial charge on any atom is -0.489 e. The molecule has 2 N–H and O–H groups in total. The number of sulfone groups is 1. The van der Waals surface area contributed by atoms with Gasteiger partial charge in [-0.05, 0) is 45.0 Å². The Bertz CT molecular complexity index is 870. The van der Waals surface area contributed by atoms with Crippen molar-refractivity contribution in [3.63, 3.8) is 0 Å². The predicted octanol–water partition coefficient (Wildman–Crippen LogP) is 2.76. The summed E-state index contributed by atoms with van der Waals surface area (Å²) in [5.41, 5.74) is -1.79. The number of hydrogen-bond acceptors (Lipinski definition) is 7. The Morgan fingerprint density at radius 2 is 1.87 bits per heavy atom. The highest BCUT2D eigenvalue weighted by Gasteiger charge is 2.35. The molecule has 0 unspecified atom stereocenters. The molecule has 0 aliphatic carbocycles. The van der Waals surface area contributed by atoms with Crippen LogP contribution < -0.4 is 10.1 Å². The Morgan fingerprint density at radius 1 is 1.26 bits per heavy atom. The molecule has 0 spiro atoms. The monoisotopic (exact) mass is 459 g/mol. The third kappa shape index (κ3) is 8.47. The summed E-state index contributed by atoms with van der Waals surface area (Å²) in [5.74, 6) is -0.0467. The van der Waals surface area contributed by atoms with E-state index in [4.69, 9.17) is 14.2 Å². The Balaban J connectivity index is 1.89. The Hall–Kier alpha value is -2.17. The zero-order valence-corrected chi connectivity index (χ0v) is 18.8. The van der Waals surface area contributed by atoms with Crippen molar-refractivity contribution >= 4 is 15.9 Å². The first-order valence-corrected chi connectivity index (χ1v) is 11.6. The van der Waals surface area contributed by atoms with Crippen LogP contribution in [0.2, 0.25) is 0 Å². The van der Waals surface area contributed by atoms with E-state index in [1.165, 1.54) is 24.3 Å². The molecule has 2 rings (SSSR count). The minimum atomic E-state index is -3.70. The standard InChI is InChI=1S/C21H30FNO7S/c1-20(2,3)30-19(24)23-13-16(12-22)14-29-17-4-6-18(7-5-17)31(26,27)15-21(25)8-10-28-11-9-21/h4-7,12,25H,8-11,13-15H2,1-3H3,(H,23,24)/b16-12+. The van der Waals surface area contributed by atoms with Crippen LogP contribution in [0.1, 0.15) is 33.6 Å². The molecule has 1 aromatic carbocycles. The van der Waals surface area contributed by atoms with Crippen LogP contribution in [0.4, 0.5) is 9.18 Å². The lowest BCUT2D eigenvalue weighted by molar-refractivity contribution is -0.0485. The van der Waals surface area contributed by atoms with Gasteiger partial charge in [-0.25, -0.2) is 17.6 Å². The molecule has 1 aliphatic heterocycles. The average molecular weight is 460 g/mol. The van der Waals surface area contributed by atoms with Crippen molar-refractivity contribution in [1.29, 1.82) is 0 Å². The van der Waals surface area contributed by atoms with Crippen molar-refractivity contribution in [3.05, 3.63) is 36.2 Å². The smallest absolute Gasteiger partial charge is 0.407 e. The molecule has 0 bridgehead atoms. The topological polar surface area (TPSA) is 111 Å². The first-order valence-electron chi connectivity index (χ1n) is 9.93. The molecule has 31 heavy (non-hydrogen) atoms. The minimum absolute atomic E-state index is 0.0626. The number of rotatable bonds is 8. The fourth-order valence-electron chi connectivity index (χ4n) is 2.87. The van der Waals surface area contributed by atoms with Gasteiger partial charge in [0.15, 0.2) is 9.84 Å². The first-order chi connectivity index (χ1) is 14.4. The molecule has 1 fully saturated rings. The third-order valence-corrected chi connectivity index (χ3v) is 6.41. The molecule has 0 radical (unpaired) electrons. The molecule has 1 amide bonds. The fraction of sp³-hybridized carbons (Fsp3) is 0.571. The van der Waals surface area contributed by atoms with Gasteiger partial charge in [-0.3, -0.25) is 0 Å². The van der Waals surface area contributed by atoms with Crippen LogP contribution in [0.3, 0.4) is 0 Å². The van der Waals surface area contributed by atoms with Crippen LogP contribution >= 0.6 is 0 Å². The number of halogens is 1. The van der Waals surface area contributed by atoms with E-state index in [9.17, 15) is 22.7 Å². The van der Waals surface area contributed by atoms with Crippen molar-refractivity contribution in [1.82, 2.24) is 5.32 Å². The molecule has 1 aromatic rings. The summed E-state index contributed by atoms with van der Waals surface area (Å²) in [4.78, 5) is 11.7. The van der Waals surface area contributed by atoms with E-state index in [2.05, 4.69) is 5.32 Å². The van der Waals surface area contributed by atoms with Crippen molar-refractivity contribution in [2.24, 2.45) is 0 Å². The van der Waals surface area contributed by atoms with E-state index < -0.39 is 27.1 Å². The molecule has 0 saturated carbocycles. The molecule has 0 aromatic heterocycles. The van der Waals surface area contributed by atoms with Gasteiger partial charge in [0, 0.05) is 38.2 Å². The quantitative estimate of drug-likeness (QED) is 0.615. The summed E-state index contributed by atoms with van der Waals surface area (Å²) in [6.45, 7) is 5.57. The average Bonchev–Trinajstić information content (AvgIpc) is 2.67. The van der Waals surface area contributed by atoms with Gasteiger partial charge in [0.1, 0.15) is 18.0 Å². The summed E-state index contributed by atoms with van der Waals surface area (Å²) < 4.78 is 54.1. The van der Waals surface area contributed by atoms with Gasteiger partial charge in [0.05, 0.1) is 22.6 Å². The SMILES string of the molecule is CC(C)(C)OC(=O)NC/C(=C\F)COc1ccc(S(=O)(=O)CC2(O)CCOCC2)cc1. The molecule has 1 heterocycles. The Kier molecular flexibility index (Phi) is 8.44. The Labute approximate surface area is 182 Å². The van der Waals surface area contributed by atoms with E-state index in [0.29, 0.717) is 25.3 Å². The first kappa shape index (κ1) is 25.1. The molecule has 0 atom stereocenters. The zero-order valence-electron chi connectivity index (χ0n) is 18.0. The van der Waals surface area contributed by atoms with Gasteiger partial charge in [0.2, 0.25) is 0 Å². The van der Waals surface area contributed by atoms with Crippen LogP contribution in [-0.2, 0) is 19.3 Å². The lowest BCUT2D eigenvalue weighted by Crippen LogP contribution is -2.42. The highest BCUT2D eigenvalue weighted by Crippen LogP contribution is 2.26. The van der Waals surface area contributed by atoms with Crippen LogP contribution in [0.5, 0.6) is 5.75 Å². The molecule has 174 valence electrons. The van der Waals surface area contributed by atoms with E-state index in [1.807, 2.05) is 0 Å². The third-order valence-electron chi connectivity index (χ3n) is 4.50. The second-order valence-electron chi connectivity index (χ2n) is 8.48. The van der Waals surface area contributed by atoms with Gasteiger partial charge < -0.3 is 24.6 Å². The van der Waals surface area contributed by atoms with E-state index in [-0.39, 0.29) is 42.2 Å². The van der Waals surface area contributed by atoms with Gasteiger partial charge >= 0.3 is 6.09 Å². The van der Waals surface area contributed by atoms with E-state index in [0.717, 1.165) is 0 Å². The van der Waals surface area contributed by atoms with Gasteiger partial charge in [-0.15, -0.1) is 0 Å². The highest BCUT2D eigenvalue weighted by molar-refractivity contribution is 7.91. The van der Waals surface area contributed by atoms with E-state index >= 15 is 0 Å². The normalized spacial score (nSPS) is 17.1. The lowest BCUT2D eigenvalue weighted by atomic mass is 9.97. The molecule has 10 heteroatoms. The number of alkyl carbamates (subject to hydrolysis) is 1. The van der Waals surface area contributed by atoms with Gasteiger partial charge in [-0.1, -0.05) is 0 Å². The maximum Gasteiger partial charge on any atom is 0.407 e. The maximum absolute atomic E-state index is 13.1. The number of carbonyl (C=O) groups excluding carboxylic acids is 1. The van der Waals surface area contributed by atoms with E-state index in [1.54, 1.807) is 20.8 Å². The molecular formula is C21H30FNO7S. The maximum atomic E-state index is 13.1. The van der Waals surface area contributed by atoms with Crippen LogP contribution in [0.25, 0.3) is 0 Å². The van der Waals surface area contributed by atoms with Crippen molar-refractivity contribution in [3.8, 4) is 5.75 Å². The van der Waals surface area contributed by atoms with Crippen molar-refractivity contribution in [2.45, 2.75) is 49.7 Å². The number of nitrogens with one attached hydrogen (secondary N) is 1. The van der Waals surface area contributed by atoms with Crippen LogP contribution in [-0.4, -0.2) is 62.9 Å². The summed E-state index contributed by atoms with van der Waals surface area (Å²) >= 11 is 0. The number of hydrogen-bond donors (Lipinski definition) is 2. The molecule has 1 aliphatic rings. The van der Waals surface area contributed by atoms with Crippen LogP contribution in [0.15, 0.2) is 41.1 Å². The number of aliphatic hydroxyl groups is 1. The number of amides is 1. The fourth-order valence-corrected chi connectivity index (χ4v) is 4.59. The highest BCUT2D eigenvalue weighted by atomic mass is 32.2. The summed E-state index contributed by atoms with van der Waals surface area (Å²) in [6.07, 6.45) is 0.198. The largest absolute Gasteiger partial charge is 0.489 e. The lowest BCUT2D eigenvalue weighted by Gasteiger charge is -2.31. The number of benzene rings is 1. The number of ether oxygens (including phenoxy) is 3. The second-order valence-corrected chi connectivity index (χ2v) is 10.5. The molecular weight excluding hydrogens is 429 g/mol. The number of carbonyl (C=O) groups is 1. The van der Waals surface area contributed by atoms with Gasteiger partial charge in [-0.2, -0.15) is 0 Å². The summed E-state index contributed by atoms with van der Waals surface area (Å²) in [5, 5.41) is 12.9. The zero-order chi connectivity index (χ0) is 23.1. The molecule has 8 nitrogen and oxygen atoms in total. The Morgan fingerprint density at radius 3 is 2.42 bits per heavy atom. The predicted molar refractivity (Wildman–Crippen MR) is 112 cm³/mol. The van der Waals surface area contributed by atoms with Crippen molar-refractivity contribution in [2.75, 3.05) is 32.1 Å². The van der Waals surface area contributed by atoms with Gasteiger partial charge in [0.25, 0.3) is 0 Å². The summed E-state index contributed by atoms with van der Waals surface area (Å²) in [6, 6.07) is 5.67. The van der Waals surface area contributed by atoms with Crippen LogP contribution in [0, 0.1) is 0 Å². The van der Waals surface area contributed by atoms with Crippen molar-refractivity contribution < 1.29 is 36.9 Å².